The Hall–Kier alpha value is -3.16. The Labute approximate surface area is 194 Å². The number of nitrogens with zero attached hydrogens (tertiary/aromatic N) is 1. The molecule has 1 aliphatic heterocycles. The lowest BCUT2D eigenvalue weighted by Crippen LogP contribution is -2.40. The second-order valence-corrected chi connectivity index (χ2v) is 10.2. The molecule has 0 unspecified atom stereocenters. The van der Waals surface area contributed by atoms with Gasteiger partial charge < -0.3 is 10.4 Å². The Balaban J connectivity index is 1.44. The van der Waals surface area contributed by atoms with E-state index in [9.17, 15) is 13.2 Å². The molecule has 0 aromatic heterocycles. The van der Waals surface area contributed by atoms with Crippen molar-refractivity contribution in [2.24, 2.45) is 5.92 Å². The van der Waals surface area contributed by atoms with E-state index in [0.29, 0.717) is 19.4 Å². The van der Waals surface area contributed by atoms with E-state index in [1.54, 1.807) is 24.3 Å². The van der Waals surface area contributed by atoms with Crippen molar-refractivity contribution in [1.29, 1.82) is 0 Å². The highest BCUT2D eigenvalue weighted by Gasteiger charge is 2.31. The first-order chi connectivity index (χ1) is 15.9. The van der Waals surface area contributed by atoms with Crippen molar-refractivity contribution < 1.29 is 18.3 Å². The first kappa shape index (κ1) is 23.0. The van der Waals surface area contributed by atoms with Crippen LogP contribution in [0.1, 0.15) is 29.9 Å². The van der Waals surface area contributed by atoms with Crippen LogP contribution in [0.15, 0.2) is 89.8 Å². The van der Waals surface area contributed by atoms with Crippen LogP contribution in [0.3, 0.4) is 0 Å². The van der Waals surface area contributed by atoms with Crippen molar-refractivity contribution in [1.82, 2.24) is 4.31 Å². The van der Waals surface area contributed by atoms with E-state index in [1.165, 1.54) is 15.4 Å². The number of sulfonamides is 1. The number of anilines is 1. The summed E-state index contributed by atoms with van der Waals surface area (Å²) in [5.41, 5.74) is 3.26. The topological polar surface area (TPSA) is 86.7 Å². The van der Waals surface area contributed by atoms with Gasteiger partial charge in [-0.15, -0.1) is 0 Å². The lowest BCUT2D eigenvalue weighted by molar-refractivity contribution is -0.142. The van der Waals surface area contributed by atoms with Gasteiger partial charge in [-0.3, -0.25) is 4.79 Å². The first-order valence-electron chi connectivity index (χ1n) is 11.1. The summed E-state index contributed by atoms with van der Waals surface area (Å²) in [6.45, 7) is 1.13. The van der Waals surface area contributed by atoms with E-state index in [2.05, 4.69) is 29.6 Å². The largest absolute Gasteiger partial charge is 0.481 e. The van der Waals surface area contributed by atoms with E-state index in [1.807, 2.05) is 36.4 Å². The van der Waals surface area contributed by atoms with Crippen LogP contribution in [0, 0.1) is 5.92 Å². The van der Waals surface area contributed by atoms with Crippen LogP contribution in [0.5, 0.6) is 0 Å². The molecule has 1 aliphatic rings. The molecule has 6 nitrogen and oxygen atoms in total. The highest BCUT2D eigenvalue weighted by atomic mass is 32.2. The number of hydrogen-bond acceptors (Lipinski definition) is 4. The molecule has 1 fully saturated rings. The third kappa shape index (κ3) is 5.43. The van der Waals surface area contributed by atoms with Crippen molar-refractivity contribution in [3.8, 4) is 0 Å². The van der Waals surface area contributed by atoms with Crippen LogP contribution in [0.25, 0.3) is 0 Å². The van der Waals surface area contributed by atoms with Gasteiger partial charge in [0.1, 0.15) is 0 Å². The number of carboxylic acid groups (broad SMARTS) is 1. The van der Waals surface area contributed by atoms with Gasteiger partial charge in [0.05, 0.1) is 10.8 Å². The van der Waals surface area contributed by atoms with Crippen LogP contribution in [-0.4, -0.2) is 43.4 Å². The predicted octanol–water partition coefficient (Wildman–Crippen LogP) is 4.42. The molecule has 3 aromatic carbocycles. The third-order valence-corrected chi connectivity index (χ3v) is 8.12. The molecule has 0 aliphatic carbocycles. The monoisotopic (exact) mass is 464 g/mol. The Bertz CT molecular complexity index is 1120. The first-order valence-corrected chi connectivity index (χ1v) is 12.6. The highest BCUT2D eigenvalue weighted by molar-refractivity contribution is 7.89. The summed E-state index contributed by atoms with van der Waals surface area (Å²) >= 11 is 0. The third-order valence-electron chi connectivity index (χ3n) is 6.21. The zero-order chi connectivity index (χ0) is 23.3. The molecule has 0 spiro atoms. The summed E-state index contributed by atoms with van der Waals surface area (Å²) in [5.74, 6) is -1.16. The summed E-state index contributed by atoms with van der Waals surface area (Å²) in [6, 6.07) is 27.4. The van der Waals surface area contributed by atoms with Gasteiger partial charge >= 0.3 is 5.97 Å². The molecular weight excluding hydrogens is 436 g/mol. The standard InChI is InChI=1S/C26H28N2O4S/c29-26(30)22-15-17-28(18-16-22)33(31,32)24-13-11-23(12-14-24)27-19-25(20-7-3-1-4-8-20)21-9-5-2-6-10-21/h1-14,22,25,27H,15-19H2,(H,29,30). The van der Waals surface area contributed by atoms with Gasteiger partial charge in [0.25, 0.3) is 0 Å². The van der Waals surface area contributed by atoms with E-state index < -0.39 is 21.9 Å². The lowest BCUT2D eigenvalue weighted by atomic mass is 9.91. The Morgan fingerprint density at radius 2 is 1.39 bits per heavy atom. The minimum Gasteiger partial charge on any atom is -0.481 e. The summed E-state index contributed by atoms with van der Waals surface area (Å²) in [5, 5.41) is 12.6. The maximum Gasteiger partial charge on any atom is 0.306 e. The predicted molar refractivity (Wildman–Crippen MR) is 129 cm³/mol. The number of carbonyl (C=O) groups is 1. The Morgan fingerprint density at radius 3 is 1.88 bits per heavy atom. The molecule has 3 aromatic rings. The number of rotatable bonds is 8. The molecule has 0 saturated carbocycles. The fourth-order valence-electron chi connectivity index (χ4n) is 4.26. The molecule has 33 heavy (non-hydrogen) atoms. The molecule has 0 amide bonds. The highest BCUT2D eigenvalue weighted by Crippen LogP contribution is 2.27. The number of aliphatic carboxylic acids is 1. The van der Waals surface area contributed by atoms with Gasteiger partial charge in [0, 0.05) is 31.2 Å². The maximum absolute atomic E-state index is 13.0. The van der Waals surface area contributed by atoms with Crippen molar-refractivity contribution in [3.05, 3.63) is 96.1 Å². The summed E-state index contributed by atoms with van der Waals surface area (Å²) in [6.07, 6.45) is 0.684. The quantitative estimate of drug-likeness (QED) is 0.516. The van der Waals surface area contributed by atoms with E-state index in [-0.39, 0.29) is 23.9 Å². The molecule has 7 heteroatoms. The molecule has 0 atom stereocenters. The van der Waals surface area contributed by atoms with Crippen molar-refractivity contribution in [3.63, 3.8) is 0 Å². The van der Waals surface area contributed by atoms with Gasteiger partial charge in [-0.2, -0.15) is 4.31 Å². The molecule has 172 valence electrons. The number of carboxylic acids is 1. The van der Waals surface area contributed by atoms with Crippen molar-refractivity contribution in [2.45, 2.75) is 23.7 Å². The van der Waals surface area contributed by atoms with Gasteiger partial charge in [-0.25, -0.2) is 8.42 Å². The second-order valence-electron chi connectivity index (χ2n) is 8.30. The fourth-order valence-corrected chi connectivity index (χ4v) is 5.73. The fraction of sp³-hybridized carbons (Fsp3) is 0.269. The number of piperidine rings is 1. The van der Waals surface area contributed by atoms with E-state index in [4.69, 9.17) is 5.11 Å². The van der Waals surface area contributed by atoms with Crippen molar-refractivity contribution >= 4 is 21.7 Å². The van der Waals surface area contributed by atoms with Crippen LogP contribution in [-0.2, 0) is 14.8 Å². The van der Waals surface area contributed by atoms with E-state index in [0.717, 1.165) is 5.69 Å². The van der Waals surface area contributed by atoms with Gasteiger partial charge in [-0.1, -0.05) is 60.7 Å². The molecule has 0 radical (unpaired) electrons. The minimum atomic E-state index is -3.63. The molecular formula is C26H28N2O4S. The Morgan fingerprint density at radius 1 is 0.879 bits per heavy atom. The summed E-state index contributed by atoms with van der Waals surface area (Å²) < 4.78 is 27.3. The number of benzene rings is 3. The van der Waals surface area contributed by atoms with E-state index >= 15 is 0 Å². The van der Waals surface area contributed by atoms with Crippen LogP contribution in [0.2, 0.25) is 0 Å². The van der Waals surface area contributed by atoms with Crippen molar-refractivity contribution in [2.75, 3.05) is 25.0 Å². The van der Waals surface area contributed by atoms with Crippen LogP contribution >= 0.6 is 0 Å². The molecule has 2 N–H and O–H groups in total. The molecule has 4 rings (SSSR count). The average molecular weight is 465 g/mol. The number of hydrogen-bond donors (Lipinski definition) is 2. The van der Waals surface area contributed by atoms with Gasteiger partial charge in [0.15, 0.2) is 0 Å². The number of nitrogens with one attached hydrogen (secondary N) is 1. The molecule has 1 saturated heterocycles. The average Bonchev–Trinajstić information content (AvgIpc) is 2.86. The minimum absolute atomic E-state index is 0.159. The van der Waals surface area contributed by atoms with Crippen LogP contribution in [0.4, 0.5) is 5.69 Å². The lowest BCUT2D eigenvalue weighted by Gasteiger charge is -2.29. The summed E-state index contributed by atoms with van der Waals surface area (Å²) in [4.78, 5) is 11.4. The zero-order valence-electron chi connectivity index (χ0n) is 18.3. The Kier molecular flexibility index (Phi) is 7.11. The van der Waals surface area contributed by atoms with Crippen LogP contribution < -0.4 is 5.32 Å². The molecule has 1 heterocycles. The smallest absolute Gasteiger partial charge is 0.306 e. The maximum atomic E-state index is 13.0. The normalized spacial score (nSPS) is 15.4. The molecule has 0 bridgehead atoms. The van der Waals surface area contributed by atoms with Gasteiger partial charge in [-0.05, 0) is 48.2 Å². The van der Waals surface area contributed by atoms with Gasteiger partial charge in [0.2, 0.25) is 10.0 Å². The SMILES string of the molecule is O=C(O)C1CCN(S(=O)(=O)c2ccc(NCC(c3ccccc3)c3ccccc3)cc2)CC1. The zero-order valence-corrected chi connectivity index (χ0v) is 19.1. The second kappa shape index (κ2) is 10.2. The summed E-state index contributed by atoms with van der Waals surface area (Å²) in [7, 11) is -3.63.